The molecule has 0 aliphatic heterocycles. The summed E-state index contributed by atoms with van der Waals surface area (Å²) >= 11 is 6.10. The molecule has 2 amide bonds. The number of nitrogens with zero attached hydrogens (tertiary/aromatic N) is 2. The minimum absolute atomic E-state index is 0.0551. The number of carbonyl (C=O) groups excluding carboxylic acids is 3. The average molecular weight is 522 g/mol. The van der Waals surface area contributed by atoms with Crippen LogP contribution in [0.3, 0.4) is 0 Å². The maximum absolute atomic E-state index is 13.5. The van der Waals surface area contributed by atoms with E-state index in [0.717, 1.165) is 17.0 Å². The van der Waals surface area contributed by atoms with Gasteiger partial charge in [-0.1, -0.05) is 42.8 Å². The molecule has 0 aliphatic carbocycles. The molecule has 2 atom stereocenters. The van der Waals surface area contributed by atoms with Gasteiger partial charge in [0.25, 0.3) is 0 Å². The number of anilines is 1. The second kappa shape index (κ2) is 12.2. The van der Waals surface area contributed by atoms with Crippen LogP contribution in [0, 0.1) is 0 Å². The van der Waals surface area contributed by atoms with E-state index < -0.39 is 28.5 Å². The number of rotatable bonds is 11. The highest BCUT2D eigenvalue weighted by molar-refractivity contribution is 7.92. The summed E-state index contributed by atoms with van der Waals surface area (Å²) in [6, 6.07) is 12.0. The Morgan fingerprint density at radius 1 is 1.06 bits per heavy atom. The number of sulfonamides is 1. The van der Waals surface area contributed by atoms with Crippen LogP contribution >= 0.6 is 11.6 Å². The van der Waals surface area contributed by atoms with Crippen molar-refractivity contribution in [1.82, 2.24) is 10.2 Å². The topological polar surface area (TPSA) is 104 Å². The lowest BCUT2D eigenvalue weighted by Gasteiger charge is -2.32. The van der Waals surface area contributed by atoms with Gasteiger partial charge in [0.05, 0.1) is 11.9 Å². The van der Waals surface area contributed by atoms with Gasteiger partial charge >= 0.3 is 0 Å². The Balaban J connectivity index is 2.43. The van der Waals surface area contributed by atoms with Crippen molar-refractivity contribution < 1.29 is 22.8 Å². The molecular weight excluding hydrogens is 490 g/mol. The number of carbonyl (C=O) groups is 3. The van der Waals surface area contributed by atoms with Crippen molar-refractivity contribution in [2.45, 2.75) is 52.7 Å². The van der Waals surface area contributed by atoms with Gasteiger partial charge in [0.1, 0.15) is 12.6 Å². The number of ketones is 1. The van der Waals surface area contributed by atoms with Crippen molar-refractivity contribution in [2.24, 2.45) is 0 Å². The number of halogens is 1. The standard InChI is InChI=1S/C25H32ClN3O5S/c1-6-17(2)27-25(32)18(3)28(15-20-9-7-11-22(26)13-20)24(31)16-29(35(5,33)34)23-12-8-10-21(14-23)19(4)30/h7-14,17-18H,6,15-16H2,1-5H3,(H,27,32)/t17-,18+/m1/s1. The summed E-state index contributed by atoms with van der Waals surface area (Å²) in [5.41, 5.74) is 1.20. The third-order valence-electron chi connectivity index (χ3n) is 5.63. The van der Waals surface area contributed by atoms with Crippen LogP contribution in [0.4, 0.5) is 5.69 Å². The fourth-order valence-corrected chi connectivity index (χ4v) is 4.43. The van der Waals surface area contributed by atoms with Crippen molar-refractivity contribution in [3.63, 3.8) is 0 Å². The first-order valence-corrected chi connectivity index (χ1v) is 13.5. The van der Waals surface area contributed by atoms with Gasteiger partial charge in [-0.05, 0) is 57.0 Å². The molecule has 0 saturated carbocycles. The van der Waals surface area contributed by atoms with E-state index in [4.69, 9.17) is 11.6 Å². The monoisotopic (exact) mass is 521 g/mol. The van der Waals surface area contributed by atoms with Gasteiger partial charge in [0, 0.05) is 23.2 Å². The van der Waals surface area contributed by atoms with Crippen LogP contribution in [0.25, 0.3) is 0 Å². The minimum Gasteiger partial charge on any atom is -0.352 e. The fourth-order valence-electron chi connectivity index (χ4n) is 3.37. The van der Waals surface area contributed by atoms with Crippen LogP contribution in [0.5, 0.6) is 0 Å². The number of Topliss-reactive ketones (excluding diaryl/α,β-unsaturated/α-hetero) is 1. The molecule has 0 fully saturated rings. The molecular formula is C25H32ClN3O5S. The Labute approximate surface area is 212 Å². The zero-order chi connectivity index (χ0) is 26.3. The third-order valence-corrected chi connectivity index (χ3v) is 7.01. The second-order valence-corrected chi connectivity index (χ2v) is 10.9. The molecule has 0 aromatic heterocycles. The summed E-state index contributed by atoms with van der Waals surface area (Å²) in [6.07, 6.45) is 1.70. The lowest BCUT2D eigenvalue weighted by molar-refractivity contribution is -0.139. The molecule has 0 spiro atoms. The first kappa shape index (κ1) is 28.3. The number of benzene rings is 2. The quantitative estimate of drug-likeness (QED) is 0.455. The van der Waals surface area contributed by atoms with Gasteiger partial charge in [-0.15, -0.1) is 0 Å². The van der Waals surface area contributed by atoms with E-state index in [9.17, 15) is 22.8 Å². The zero-order valence-electron chi connectivity index (χ0n) is 20.6. The molecule has 10 heteroatoms. The Kier molecular flexibility index (Phi) is 9.85. The Hall–Kier alpha value is -2.91. The van der Waals surface area contributed by atoms with E-state index in [2.05, 4.69) is 5.32 Å². The molecule has 2 aromatic carbocycles. The number of nitrogens with one attached hydrogen (secondary N) is 1. The normalized spacial score (nSPS) is 13.0. The average Bonchev–Trinajstić information content (AvgIpc) is 2.79. The van der Waals surface area contributed by atoms with Gasteiger partial charge in [-0.25, -0.2) is 8.42 Å². The molecule has 8 nitrogen and oxygen atoms in total. The summed E-state index contributed by atoms with van der Waals surface area (Å²) in [7, 11) is -3.88. The maximum Gasteiger partial charge on any atom is 0.244 e. The molecule has 0 heterocycles. The van der Waals surface area contributed by atoms with E-state index in [-0.39, 0.29) is 30.0 Å². The molecule has 0 radical (unpaired) electrons. The van der Waals surface area contributed by atoms with Crippen molar-refractivity contribution in [1.29, 1.82) is 0 Å². The maximum atomic E-state index is 13.5. The highest BCUT2D eigenvalue weighted by Crippen LogP contribution is 2.21. The molecule has 0 unspecified atom stereocenters. The molecule has 35 heavy (non-hydrogen) atoms. The van der Waals surface area contributed by atoms with Crippen LogP contribution in [0.2, 0.25) is 5.02 Å². The number of hydrogen-bond donors (Lipinski definition) is 1. The highest BCUT2D eigenvalue weighted by atomic mass is 35.5. The summed E-state index contributed by atoms with van der Waals surface area (Å²) in [4.78, 5) is 39.5. The van der Waals surface area contributed by atoms with E-state index >= 15 is 0 Å². The predicted molar refractivity (Wildman–Crippen MR) is 138 cm³/mol. The number of hydrogen-bond acceptors (Lipinski definition) is 5. The molecule has 1 N–H and O–H groups in total. The van der Waals surface area contributed by atoms with Crippen molar-refractivity contribution in [2.75, 3.05) is 17.1 Å². The van der Waals surface area contributed by atoms with Crippen LogP contribution in [0.1, 0.15) is 50.0 Å². The zero-order valence-corrected chi connectivity index (χ0v) is 22.2. The van der Waals surface area contributed by atoms with Gasteiger partial charge < -0.3 is 10.2 Å². The van der Waals surface area contributed by atoms with Crippen molar-refractivity contribution in [3.8, 4) is 0 Å². The SMILES string of the molecule is CC[C@@H](C)NC(=O)[C@H](C)N(Cc1cccc(Cl)c1)C(=O)CN(c1cccc(C(C)=O)c1)S(C)(=O)=O. The van der Waals surface area contributed by atoms with E-state index in [0.29, 0.717) is 16.1 Å². The summed E-state index contributed by atoms with van der Waals surface area (Å²) < 4.78 is 26.2. The lowest BCUT2D eigenvalue weighted by atomic mass is 10.1. The highest BCUT2D eigenvalue weighted by Gasteiger charge is 2.30. The van der Waals surface area contributed by atoms with E-state index in [1.54, 1.807) is 43.3 Å². The molecule has 0 aliphatic rings. The van der Waals surface area contributed by atoms with Gasteiger partial charge in [0.15, 0.2) is 5.78 Å². The Bertz CT molecular complexity index is 1190. The fraction of sp³-hybridized carbons (Fsp3) is 0.400. The smallest absolute Gasteiger partial charge is 0.244 e. The molecule has 2 aromatic rings. The van der Waals surface area contributed by atoms with Gasteiger partial charge in [-0.2, -0.15) is 0 Å². The second-order valence-electron chi connectivity index (χ2n) is 8.52. The molecule has 2 rings (SSSR count). The van der Waals surface area contributed by atoms with Crippen LogP contribution in [-0.4, -0.2) is 55.8 Å². The van der Waals surface area contributed by atoms with Gasteiger partial charge in [-0.3, -0.25) is 18.7 Å². The van der Waals surface area contributed by atoms with E-state index in [1.165, 1.54) is 24.0 Å². The summed E-state index contributed by atoms with van der Waals surface area (Å²) in [5.74, 6) is -1.15. The predicted octanol–water partition coefficient (Wildman–Crippen LogP) is 3.64. The first-order valence-electron chi connectivity index (χ1n) is 11.3. The molecule has 190 valence electrons. The molecule has 0 saturated heterocycles. The Morgan fingerprint density at radius 2 is 1.71 bits per heavy atom. The number of amides is 2. The minimum atomic E-state index is -3.88. The Morgan fingerprint density at radius 3 is 2.29 bits per heavy atom. The largest absolute Gasteiger partial charge is 0.352 e. The van der Waals surface area contributed by atoms with Gasteiger partial charge in [0.2, 0.25) is 21.8 Å². The first-order chi connectivity index (χ1) is 16.3. The van der Waals surface area contributed by atoms with Crippen molar-refractivity contribution in [3.05, 3.63) is 64.7 Å². The molecule has 0 bridgehead atoms. The van der Waals surface area contributed by atoms with Crippen LogP contribution < -0.4 is 9.62 Å². The summed E-state index contributed by atoms with van der Waals surface area (Å²) in [5, 5.41) is 3.35. The van der Waals surface area contributed by atoms with Crippen LogP contribution in [0.15, 0.2) is 48.5 Å². The summed E-state index contributed by atoms with van der Waals surface area (Å²) in [6.45, 7) is 6.28. The van der Waals surface area contributed by atoms with Crippen molar-refractivity contribution >= 4 is 44.9 Å². The lowest BCUT2D eigenvalue weighted by Crippen LogP contribution is -2.52. The third kappa shape index (κ3) is 8.07. The van der Waals surface area contributed by atoms with Crippen LogP contribution in [-0.2, 0) is 26.2 Å². The van der Waals surface area contributed by atoms with E-state index in [1.807, 2.05) is 13.8 Å².